The van der Waals surface area contributed by atoms with Gasteiger partial charge in [-0.1, -0.05) is 26.7 Å². The minimum absolute atomic E-state index is 0.359. The van der Waals surface area contributed by atoms with E-state index >= 15 is 0 Å². The normalized spacial score (nSPS) is 24.5. The van der Waals surface area contributed by atoms with E-state index in [4.69, 9.17) is 14.2 Å². The van der Waals surface area contributed by atoms with Crippen LogP contribution in [0.2, 0.25) is 0 Å². The monoisotopic (exact) mass is 357 g/mol. The van der Waals surface area contributed by atoms with Crippen LogP contribution in [0.4, 0.5) is 0 Å². The number of unbranched alkanes of at least 4 members (excludes halogenated alkanes) is 2. The van der Waals surface area contributed by atoms with Gasteiger partial charge in [0.15, 0.2) is 0 Å². The van der Waals surface area contributed by atoms with Crippen molar-refractivity contribution in [2.75, 3.05) is 78.8 Å². The summed E-state index contributed by atoms with van der Waals surface area (Å²) in [6, 6.07) is 0. The maximum atomic E-state index is 6.01. The van der Waals surface area contributed by atoms with E-state index in [-0.39, 0.29) is 0 Å². The van der Waals surface area contributed by atoms with Crippen LogP contribution in [0.3, 0.4) is 0 Å². The molecule has 0 aliphatic carbocycles. The molecule has 0 radical (unpaired) electrons. The van der Waals surface area contributed by atoms with Gasteiger partial charge in [-0.05, 0) is 25.8 Å². The molecule has 5 heteroatoms. The van der Waals surface area contributed by atoms with Gasteiger partial charge in [-0.15, -0.1) is 0 Å². The predicted molar refractivity (Wildman–Crippen MR) is 102 cm³/mol. The summed E-state index contributed by atoms with van der Waals surface area (Å²) in [6.45, 7) is 17.1. The lowest BCUT2D eigenvalue weighted by atomic mass is 10.2. The Hall–Kier alpha value is -0.200. The van der Waals surface area contributed by atoms with Crippen molar-refractivity contribution in [3.05, 3.63) is 0 Å². The second-order valence-electron chi connectivity index (χ2n) is 7.75. The van der Waals surface area contributed by atoms with Gasteiger partial charge < -0.3 is 18.7 Å². The zero-order valence-corrected chi connectivity index (χ0v) is 16.7. The summed E-state index contributed by atoms with van der Waals surface area (Å²) < 4.78 is 18.7. The SMILES string of the molecule is CCCCN1CCOC(CCOCC[N+]2(CCCC)CCOCC2)C1. The van der Waals surface area contributed by atoms with Gasteiger partial charge in [0.25, 0.3) is 0 Å². The highest BCUT2D eigenvalue weighted by molar-refractivity contribution is 4.71. The van der Waals surface area contributed by atoms with Crippen LogP contribution in [0.5, 0.6) is 0 Å². The summed E-state index contributed by atoms with van der Waals surface area (Å²) in [5, 5.41) is 0. The van der Waals surface area contributed by atoms with Crippen LogP contribution in [0.25, 0.3) is 0 Å². The van der Waals surface area contributed by atoms with E-state index in [1.165, 1.54) is 43.3 Å². The molecule has 1 unspecified atom stereocenters. The number of nitrogens with zero attached hydrogens (tertiary/aromatic N) is 2. The first-order valence-corrected chi connectivity index (χ1v) is 10.6. The van der Waals surface area contributed by atoms with Crippen LogP contribution in [0, 0.1) is 0 Å². The van der Waals surface area contributed by atoms with Crippen LogP contribution in [-0.4, -0.2) is 94.3 Å². The smallest absolute Gasteiger partial charge is 0.103 e. The summed E-state index contributed by atoms with van der Waals surface area (Å²) in [5.41, 5.74) is 0. The zero-order chi connectivity index (χ0) is 17.8. The van der Waals surface area contributed by atoms with Gasteiger partial charge in [0.2, 0.25) is 0 Å². The van der Waals surface area contributed by atoms with Crippen LogP contribution in [0.15, 0.2) is 0 Å². The number of hydrogen-bond acceptors (Lipinski definition) is 4. The Kier molecular flexibility index (Phi) is 10.3. The first-order chi connectivity index (χ1) is 12.3. The third-order valence-corrected chi connectivity index (χ3v) is 5.75. The van der Waals surface area contributed by atoms with Crippen LogP contribution >= 0.6 is 0 Å². The van der Waals surface area contributed by atoms with E-state index in [1.807, 2.05) is 0 Å². The lowest BCUT2D eigenvalue weighted by molar-refractivity contribution is -0.935. The standard InChI is InChI=1S/C20H41N2O3/c1-3-5-8-21-9-15-25-20(19-21)7-14-23-16-11-22(10-6-4-2)12-17-24-18-13-22/h20H,3-19H2,1-2H3/q+1. The number of hydrogen-bond donors (Lipinski definition) is 0. The average molecular weight is 358 g/mol. The van der Waals surface area contributed by atoms with Gasteiger partial charge >= 0.3 is 0 Å². The summed E-state index contributed by atoms with van der Waals surface area (Å²) in [7, 11) is 0. The third-order valence-electron chi connectivity index (χ3n) is 5.75. The summed E-state index contributed by atoms with van der Waals surface area (Å²) in [5.74, 6) is 0. The molecule has 5 nitrogen and oxygen atoms in total. The van der Waals surface area contributed by atoms with Gasteiger partial charge in [-0.3, -0.25) is 4.90 Å². The average Bonchev–Trinajstić information content (AvgIpc) is 2.66. The lowest BCUT2D eigenvalue weighted by Crippen LogP contribution is -2.57. The molecule has 2 heterocycles. The van der Waals surface area contributed by atoms with Gasteiger partial charge in [0, 0.05) is 19.7 Å². The van der Waals surface area contributed by atoms with Crippen molar-refractivity contribution in [3.8, 4) is 0 Å². The van der Waals surface area contributed by atoms with Crippen molar-refractivity contribution in [2.24, 2.45) is 0 Å². The molecule has 0 saturated carbocycles. The first kappa shape index (κ1) is 21.1. The first-order valence-electron chi connectivity index (χ1n) is 10.6. The van der Waals surface area contributed by atoms with Crippen molar-refractivity contribution in [1.29, 1.82) is 0 Å². The van der Waals surface area contributed by atoms with Crippen molar-refractivity contribution >= 4 is 0 Å². The molecule has 0 amide bonds. The molecule has 0 aromatic carbocycles. The highest BCUT2D eigenvalue weighted by atomic mass is 16.5. The van der Waals surface area contributed by atoms with E-state index in [0.29, 0.717) is 6.10 Å². The molecule has 0 bridgehead atoms. The van der Waals surface area contributed by atoms with E-state index in [0.717, 1.165) is 72.2 Å². The van der Waals surface area contributed by atoms with Crippen LogP contribution in [0.1, 0.15) is 46.0 Å². The fourth-order valence-corrected chi connectivity index (χ4v) is 3.90. The molecule has 2 saturated heterocycles. The fraction of sp³-hybridized carbons (Fsp3) is 1.00. The molecule has 0 aromatic heterocycles. The van der Waals surface area contributed by atoms with E-state index in [1.54, 1.807) is 0 Å². The highest BCUT2D eigenvalue weighted by Gasteiger charge is 2.29. The molecule has 2 rings (SSSR count). The maximum absolute atomic E-state index is 6.01. The summed E-state index contributed by atoms with van der Waals surface area (Å²) in [6.07, 6.45) is 6.54. The zero-order valence-electron chi connectivity index (χ0n) is 16.7. The molecular weight excluding hydrogens is 316 g/mol. The number of quaternary nitrogens is 1. The lowest BCUT2D eigenvalue weighted by Gasteiger charge is -2.41. The molecule has 1 atom stereocenters. The third kappa shape index (κ3) is 7.92. The maximum Gasteiger partial charge on any atom is 0.103 e. The molecule has 25 heavy (non-hydrogen) atoms. The Labute approximate surface area is 155 Å². The fourth-order valence-electron chi connectivity index (χ4n) is 3.90. The van der Waals surface area contributed by atoms with Crippen molar-refractivity contribution < 1.29 is 18.7 Å². The van der Waals surface area contributed by atoms with E-state index < -0.39 is 0 Å². The van der Waals surface area contributed by atoms with Crippen LogP contribution < -0.4 is 0 Å². The van der Waals surface area contributed by atoms with Gasteiger partial charge in [0.05, 0.1) is 39.1 Å². The Morgan fingerprint density at radius 1 is 1.00 bits per heavy atom. The Morgan fingerprint density at radius 3 is 2.56 bits per heavy atom. The summed E-state index contributed by atoms with van der Waals surface area (Å²) >= 11 is 0. The Bertz CT molecular complexity index is 335. The van der Waals surface area contributed by atoms with Crippen molar-refractivity contribution in [2.45, 2.75) is 52.1 Å². The van der Waals surface area contributed by atoms with Crippen LogP contribution in [-0.2, 0) is 14.2 Å². The van der Waals surface area contributed by atoms with Crippen molar-refractivity contribution in [1.82, 2.24) is 4.90 Å². The molecule has 0 aromatic rings. The van der Waals surface area contributed by atoms with E-state index in [9.17, 15) is 0 Å². The predicted octanol–water partition coefficient (Wildman–Crippen LogP) is 2.54. The molecule has 2 fully saturated rings. The molecule has 2 aliphatic heterocycles. The Morgan fingerprint density at radius 2 is 1.80 bits per heavy atom. The second-order valence-corrected chi connectivity index (χ2v) is 7.75. The number of ether oxygens (including phenoxy) is 3. The Balaban J connectivity index is 1.59. The van der Waals surface area contributed by atoms with Gasteiger partial charge in [0.1, 0.15) is 19.6 Å². The highest BCUT2D eigenvalue weighted by Crippen LogP contribution is 2.14. The number of rotatable bonds is 12. The molecular formula is C20H41N2O3+. The molecule has 2 aliphatic rings. The van der Waals surface area contributed by atoms with E-state index in [2.05, 4.69) is 18.7 Å². The molecule has 0 N–H and O–H groups in total. The quantitative estimate of drug-likeness (QED) is 0.397. The minimum atomic E-state index is 0.359. The van der Waals surface area contributed by atoms with Gasteiger partial charge in [-0.2, -0.15) is 0 Å². The largest absolute Gasteiger partial charge is 0.375 e. The topological polar surface area (TPSA) is 30.9 Å². The second kappa shape index (κ2) is 12.2. The van der Waals surface area contributed by atoms with Gasteiger partial charge in [-0.25, -0.2) is 0 Å². The minimum Gasteiger partial charge on any atom is -0.375 e. The van der Waals surface area contributed by atoms with Crippen molar-refractivity contribution in [3.63, 3.8) is 0 Å². The summed E-state index contributed by atoms with van der Waals surface area (Å²) in [4.78, 5) is 2.55. The molecule has 148 valence electrons. The molecule has 0 spiro atoms. The number of morpholine rings is 2.